The van der Waals surface area contributed by atoms with Crippen molar-refractivity contribution < 1.29 is 9.53 Å². The largest absolute Gasteiger partial charge is 0.454 e. The second-order valence-electron chi connectivity index (χ2n) is 3.47. The molecule has 0 spiro atoms. The number of pyridine rings is 1. The molecular weight excluding hydrogens is 216 g/mol. The summed E-state index contributed by atoms with van der Waals surface area (Å²) in [5, 5.41) is 2.69. The van der Waals surface area contributed by atoms with Crippen molar-refractivity contribution in [1.29, 1.82) is 0 Å². The Morgan fingerprint density at radius 2 is 2.00 bits per heavy atom. The molecule has 4 heteroatoms. The van der Waals surface area contributed by atoms with E-state index in [1.54, 1.807) is 18.5 Å². The Balaban J connectivity index is 2.23. The second-order valence-corrected chi connectivity index (χ2v) is 3.47. The number of benzene rings is 1. The minimum absolute atomic E-state index is 0.144. The summed E-state index contributed by atoms with van der Waals surface area (Å²) >= 11 is 0. The van der Waals surface area contributed by atoms with E-state index >= 15 is 0 Å². The van der Waals surface area contributed by atoms with Gasteiger partial charge in [-0.15, -0.1) is 0 Å². The van der Waals surface area contributed by atoms with Crippen LogP contribution in [0.25, 0.3) is 0 Å². The highest BCUT2D eigenvalue weighted by Gasteiger charge is 2.05. The third-order valence-corrected chi connectivity index (χ3v) is 2.07. The number of amides is 1. The molecule has 2 rings (SSSR count). The summed E-state index contributed by atoms with van der Waals surface area (Å²) < 4.78 is 5.63. The average Bonchev–Trinajstić information content (AvgIpc) is 2.32. The molecule has 0 fully saturated rings. The van der Waals surface area contributed by atoms with Gasteiger partial charge >= 0.3 is 0 Å². The number of rotatable bonds is 3. The van der Waals surface area contributed by atoms with Crippen molar-refractivity contribution in [2.75, 3.05) is 5.32 Å². The SMILES string of the molecule is CC(=O)Nc1ccncc1Oc1ccccc1. The highest BCUT2D eigenvalue weighted by molar-refractivity contribution is 5.90. The van der Waals surface area contributed by atoms with Crippen LogP contribution >= 0.6 is 0 Å². The molecule has 0 saturated heterocycles. The Labute approximate surface area is 99.3 Å². The van der Waals surface area contributed by atoms with Gasteiger partial charge in [0, 0.05) is 13.1 Å². The van der Waals surface area contributed by atoms with Gasteiger partial charge < -0.3 is 10.1 Å². The first-order valence-corrected chi connectivity index (χ1v) is 5.20. The lowest BCUT2D eigenvalue weighted by Gasteiger charge is -2.10. The van der Waals surface area contributed by atoms with Crippen molar-refractivity contribution in [2.24, 2.45) is 0 Å². The van der Waals surface area contributed by atoms with Crippen LogP contribution in [0.1, 0.15) is 6.92 Å². The van der Waals surface area contributed by atoms with Crippen molar-refractivity contribution in [3.8, 4) is 11.5 Å². The first-order chi connectivity index (χ1) is 8.25. The molecule has 1 aromatic carbocycles. The predicted octanol–water partition coefficient (Wildman–Crippen LogP) is 2.83. The topological polar surface area (TPSA) is 51.2 Å². The number of aromatic nitrogens is 1. The monoisotopic (exact) mass is 228 g/mol. The lowest BCUT2D eigenvalue weighted by molar-refractivity contribution is -0.114. The van der Waals surface area contributed by atoms with Crippen LogP contribution in [-0.4, -0.2) is 10.9 Å². The van der Waals surface area contributed by atoms with Gasteiger partial charge in [-0.1, -0.05) is 18.2 Å². The van der Waals surface area contributed by atoms with Crippen LogP contribution in [0.5, 0.6) is 11.5 Å². The van der Waals surface area contributed by atoms with Crippen molar-refractivity contribution in [1.82, 2.24) is 4.98 Å². The number of para-hydroxylation sites is 1. The van der Waals surface area contributed by atoms with Crippen molar-refractivity contribution in [2.45, 2.75) is 6.92 Å². The number of hydrogen-bond acceptors (Lipinski definition) is 3. The molecule has 0 unspecified atom stereocenters. The molecule has 0 atom stereocenters. The molecule has 0 bridgehead atoms. The molecule has 17 heavy (non-hydrogen) atoms. The van der Waals surface area contributed by atoms with Crippen molar-refractivity contribution in [3.63, 3.8) is 0 Å². The second kappa shape index (κ2) is 5.12. The zero-order chi connectivity index (χ0) is 12.1. The normalized spacial score (nSPS) is 9.71. The average molecular weight is 228 g/mol. The van der Waals surface area contributed by atoms with Gasteiger partial charge in [-0.2, -0.15) is 0 Å². The first-order valence-electron chi connectivity index (χ1n) is 5.20. The maximum atomic E-state index is 11.0. The van der Waals surface area contributed by atoms with Gasteiger partial charge in [0.25, 0.3) is 0 Å². The summed E-state index contributed by atoms with van der Waals surface area (Å²) in [6.07, 6.45) is 3.17. The quantitative estimate of drug-likeness (QED) is 0.878. The highest BCUT2D eigenvalue weighted by atomic mass is 16.5. The fraction of sp³-hybridized carbons (Fsp3) is 0.0769. The van der Waals surface area contributed by atoms with E-state index in [4.69, 9.17) is 4.74 Å². The lowest BCUT2D eigenvalue weighted by Crippen LogP contribution is -2.07. The number of hydrogen-bond donors (Lipinski definition) is 1. The number of carbonyl (C=O) groups excluding carboxylic acids is 1. The van der Waals surface area contributed by atoms with Crippen LogP contribution in [0, 0.1) is 0 Å². The summed E-state index contributed by atoms with van der Waals surface area (Å²) in [6, 6.07) is 11.0. The fourth-order valence-electron chi connectivity index (χ4n) is 1.37. The van der Waals surface area contributed by atoms with E-state index in [9.17, 15) is 4.79 Å². The van der Waals surface area contributed by atoms with E-state index < -0.39 is 0 Å². The lowest BCUT2D eigenvalue weighted by atomic mass is 10.3. The molecule has 0 aliphatic rings. The zero-order valence-corrected chi connectivity index (χ0v) is 9.38. The van der Waals surface area contributed by atoms with Crippen LogP contribution in [0.15, 0.2) is 48.8 Å². The van der Waals surface area contributed by atoms with Gasteiger partial charge in [0.1, 0.15) is 5.75 Å². The molecule has 0 radical (unpaired) electrons. The maximum absolute atomic E-state index is 11.0. The summed E-state index contributed by atoms with van der Waals surface area (Å²) in [5.74, 6) is 1.08. The molecule has 2 aromatic rings. The number of carbonyl (C=O) groups is 1. The first kappa shape index (κ1) is 11.1. The van der Waals surface area contributed by atoms with Crippen molar-refractivity contribution >= 4 is 11.6 Å². The number of nitrogens with one attached hydrogen (secondary N) is 1. The molecule has 0 saturated carbocycles. The van der Waals surface area contributed by atoms with Gasteiger partial charge in [0.05, 0.1) is 11.9 Å². The van der Waals surface area contributed by atoms with Gasteiger partial charge in [0.15, 0.2) is 5.75 Å². The summed E-state index contributed by atoms with van der Waals surface area (Å²) in [5.41, 5.74) is 0.608. The van der Waals surface area contributed by atoms with E-state index in [1.165, 1.54) is 6.92 Å². The zero-order valence-electron chi connectivity index (χ0n) is 9.38. The predicted molar refractivity (Wildman–Crippen MR) is 65.1 cm³/mol. The Hall–Kier alpha value is -2.36. The molecule has 0 aliphatic carbocycles. The van der Waals surface area contributed by atoms with E-state index in [1.807, 2.05) is 30.3 Å². The van der Waals surface area contributed by atoms with Crippen LogP contribution < -0.4 is 10.1 Å². The molecule has 1 amide bonds. The van der Waals surface area contributed by atoms with Crippen LogP contribution in [0.3, 0.4) is 0 Å². The van der Waals surface area contributed by atoms with Gasteiger partial charge in [-0.25, -0.2) is 0 Å². The van der Waals surface area contributed by atoms with E-state index in [0.717, 1.165) is 0 Å². The maximum Gasteiger partial charge on any atom is 0.221 e. The van der Waals surface area contributed by atoms with Crippen LogP contribution in [0.4, 0.5) is 5.69 Å². The third-order valence-electron chi connectivity index (χ3n) is 2.07. The van der Waals surface area contributed by atoms with Crippen LogP contribution in [-0.2, 0) is 4.79 Å². The van der Waals surface area contributed by atoms with Crippen LogP contribution in [0.2, 0.25) is 0 Å². The Bertz CT molecular complexity index is 512. The highest BCUT2D eigenvalue weighted by Crippen LogP contribution is 2.27. The number of anilines is 1. The minimum atomic E-state index is -0.144. The van der Waals surface area contributed by atoms with Crippen molar-refractivity contribution in [3.05, 3.63) is 48.8 Å². The molecule has 1 N–H and O–H groups in total. The molecule has 4 nitrogen and oxygen atoms in total. The minimum Gasteiger partial charge on any atom is -0.454 e. The smallest absolute Gasteiger partial charge is 0.221 e. The number of ether oxygens (including phenoxy) is 1. The summed E-state index contributed by atoms with van der Waals surface area (Å²) in [4.78, 5) is 15.0. The molecule has 1 aromatic heterocycles. The summed E-state index contributed by atoms with van der Waals surface area (Å²) in [7, 11) is 0. The fourth-order valence-corrected chi connectivity index (χ4v) is 1.37. The van der Waals surface area contributed by atoms with Gasteiger partial charge in [-0.3, -0.25) is 9.78 Å². The number of nitrogens with zero attached hydrogens (tertiary/aromatic N) is 1. The van der Waals surface area contributed by atoms with E-state index in [-0.39, 0.29) is 5.91 Å². The Morgan fingerprint density at radius 3 is 2.71 bits per heavy atom. The molecule has 1 heterocycles. The molecule has 0 aliphatic heterocycles. The standard InChI is InChI=1S/C13H12N2O2/c1-10(16)15-12-7-8-14-9-13(12)17-11-5-3-2-4-6-11/h2-9H,1H3,(H,14,15,16). The van der Waals surface area contributed by atoms with E-state index in [2.05, 4.69) is 10.3 Å². The van der Waals surface area contributed by atoms with Gasteiger partial charge in [0.2, 0.25) is 5.91 Å². The Kier molecular flexibility index (Phi) is 3.35. The van der Waals surface area contributed by atoms with E-state index in [0.29, 0.717) is 17.2 Å². The molecule has 86 valence electrons. The Morgan fingerprint density at radius 1 is 1.24 bits per heavy atom. The molecular formula is C13H12N2O2. The summed E-state index contributed by atoms with van der Waals surface area (Å²) in [6.45, 7) is 1.45. The van der Waals surface area contributed by atoms with Gasteiger partial charge in [-0.05, 0) is 18.2 Å². The third kappa shape index (κ3) is 3.04.